The zero-order valence-electron chi connectivity index (χ0n) is 17.0. The first-order valence-electron chi connectivity index (χ1n) is 9.78. The lowest BCUT2D eigenvalue weighted by atomic mass is 10.0. The van der Waals surface area contributed by atoms with E-state index in [1.165, 1.54) is 0 Å². The van der Waals surface area contributed by atoms with Crippen molar-refractivity contribution in [2.24, 2.45) is 5.92 Å². The van der Waals surface area contributed by atoms with Gasteiger partial charge in [-0.15, -0.1) is 0 Å². The quantitative estimate of drug-likeness (QED) is 0.754. The Morgan fingerprint density at radius 2 is 1.74 bits per heavy atom. The van der Waals surface area contributed by atoms with Crippen molar-refractivity contribution in [1.29, 1.82) is 0 Å². The lowest BCUT2D eigenvalue weighted by molar-refractivity contribution is -0.138. The minimum Gasteiger partial charge on any atom is -0.497 e. The predicted octanol–water partition coefficient (Wildman–Crippen LogP) is 1.93. The molecular formula is C21H33N3O3. The molecule has 1 aromatic carbocycles. The summed E-state index contributed by atoms with van der Waals surface area (Å²) in [6.45, 7) is 7.37. The molecule has 1 aliphatic rings. The van der Waals surface area contributed by atoms with Gasteiger partial charge in [-0.1, -0.05) is 26.0 Å². The van der Waals surface area contributed by atoms with E-state index in [-0.39, 0.29) is 11.8 Å². The van der Waals surface area contributed by atoms with Gasteiger partial charge in [0.15, 0.2) is 0 Å². The lowest BCUT2D eigenvalue weighted by Crippen LogP contribution is -2.54. The average molecular weight is 376 g/mol. The number of piperazine rings is 1. The van der Waals surface area contributed by atoms with Gasteiger partial charge >= 0.3 is 0 Å². The molecule has 0 aliphatic carbocycles. The molecule has 0 unspecified atom stereocenters. The molecule has 0 aromatic heterocycles. The molecule has 0 saturated carbocycles. The van der Waals surface area contributed by atoms with Crippen molar-refractivity contribution >= 4 is 11.8 Å². The van der Waals surface area contributed by atoms with Crippen molar-refractivity contribution in [2.75, 3.05) is 40.3 Å². The molecule has 0 spiro atoms. The van der Waals surface area contributed by atoms with Crippen molar-refractivity contribution in [1.82, 2.24) is 15.1 Å². The van der Waals surface area contributed by atoms with Crippen LogP contribution in [0.5, 0.6) is 5.75 Å². The van der Waals surface area contributed by atoms with Crippen LogP contribution in [0, 0.1) is 5.92 Å². The first-order chi connectivity index (χ1) is 12.9. The third kappa shape index (κ3) is 6.86. The Morgan fingerprint density at radius 1 is 1.11 bits per heavy atom. The summed E-state index contributed by atoms with van der Waals surface area (Å²) < 4.78 is 5.15. The number of carbonyl (C=O) groups excluding carboxylic acids is 2. The molecule has 2 amide bonds. The van der Waals surface area contributed by atoms with Crippen LogP contribution in [-0.4, -0.2) is 68.0 Å². The van der Waals surface area contributed by atoms with E-state index in [1.807, 2.05) is 29.2 Å². The standard InChI is InChI=1S/C21H33N3O3/c1-16(2)15-19(21(26)24-13-11-23(3)12-14-24)22-20(25)10-7-17-5-8-18(27-4)9-6-17/h5-6,8-9,16,19H,7,10-15H2,1-4H3,(H,22,25)/t19-/m0/s1. The fourth-order valence-corrected chi connectivity index (χ4v) is 3.26. The van der Waals surface area contributed by atoms with E-state index in [0.717, 1.165) is 37.5 Å². The molecule has 6 heteroatoms. The highest BCUT2D eigenvalue weighted by Gasteiger charge is 2.28. The number of ether oxygens (including phenoxy) is 1. The minimum atomic E-state index is -0.434. The highest BCUT2D eigenvalue weighted by atomic mass is 16.5. The van der Waals surface area contributed by atoms with Gasteiger partial charge in [-0.3, -0.25) is 9.59 Å². The Kier molecular flexibility index (Phi) is 8.10. The Labute approximate surface area is 162 Å². The van der Waals surface area contributed by atoms with Gasteiger partial charge in [-0.25, -0.2) is 0 Å². The van der Waals surface area contributed by atoms with Gasteiger partial charge in [0, 0.05) is 32.6 Å². The predicted molar refractivity (Wildman–Crippen MR) is 107 cm³/mol. The van der Waals surface area contributed by atoms with Crippen LogP contribution < -0.4 is 10.1 Å². The molecule has 2 rings (SSSR count). The first kappa shape index (κ1) is 21.2. The summed E-state index contributed by atoms with van der Waals surface area (Å²) in [6.07, 6.45) is 1.68. The van der Waals surface area contributed by atoms with Crippen molar-refractivity contribution in [3.05, 3.63) is 29.8 Å². The van der Waals surface area contributed by atoms with E-state index in [0.29, 0.717) is 25.2 Å². The van der Waals surface area contributed by atoms with Crippen LogP contribution in [0.25, 0.3) is 0 Å². The molecule has 1 saturated heterocycles. The number of nitrogens with zero attached hydrogens (tertiary/aromatic N) is 2. The number of amides is 2. The third-order valence-electron chi connectivity index (χ3n) is 4.96. The fraction of sp³-hybridized carbons (Fsp3) is 0.619. The van der Waals surface area contributed by atoms with Crippen LogP contribution in [0.15, 0.2) is 24.3 Å². The molecule has 1 N–H and O–H groups in total. The molecule has 0 radical (unpaired) electrons. The van der Waals surface area contributed by atoms with E-state index in [1.54, 1.807) is 7.11 Å². The smallest absolute Gasteiger partial charge is 0.245 e. The van der Waals surface area contributed by atoms with Crippen molar-refractivity contribution in [3.8, 4) is 5.75 Å². The zero-order valence-corrected chi connectivity index (χ0v) is 17.0. The highest BCUT2D eigenvalue weighted by Crippen LogP contribution is 2.14. The maximum absolute atomic E-state index is 12.9. The van der Waals surface area contributed by atoms with Crippen LogP contribution in [0.3, 0.4) is 0 Å². The Hall–Kier alpha value is -2.08. The van der Waals surface area contributed by atoms with E-state index in [9.17, 15) is 9.59 Å². The summed E-state index contributed by atoms with van der Waals surface area (Å²) in [5.41, 5.74) is 1.08. The molecule has 150 valence electrons. The number of hydrogen-bond donors (Lipinski definition) is 1. The fourth-order valence-electron chi connectivity index (χ4n) is 3.26. The SMILES string of the molecule is COc1ccc(CCC(=O)N[C@@H](CC(C)C)C(=O)N2CCN(C)CC2)cc1. The number of benzene rings is 1. The maximum Gasteiger partial charge on any atom is 0.245 e. The monoisotopic (exact) mass is 375 g/mol. The van der Waals surface area contributed by atoms with Gasteiger partial charge in [0.25, 0.3) is 0 Å². The van der Waals surface area contributed by atoms with Gasteiger partial charge in [0.05, 0.1) is 7.11 Å². The van der Waals surface area contributed by atoms with E-state index in [4.69, 9.17) is 4.74 Å². The summed E-state index contributed by atoms with van der Waals surface area (Å²) in [5.74, 6) is 1.12. The van der Waals surface area contributed by atoms with Crippen molar-refractivity contribution in [3.63, 3.8) is 0 Å². The van der Waals surface area contributed by atoms with Crippen molar-refractivity contribution in [2.45, 2.75) is 39.2 Å². The molecule has 1 heterocycles. The number of carbonyl (C=O) groups is 2. The van der Waals surface area contributed by atoms with Crippen LogP contribution >= 0.6 is 0 Å². The molecular weight excluding hydrogens is 342 g/mol. The number of rotatable bonds is 8. The van der Waals surface area contributed by atoms with Crippen LogP contribution in [0.2, 0.25) is 0 Å². The average Bonchev–Trinajstić information content (AvgIpc) is 2.66. The summed E-state index contributed by atoms with van der Waals surface area (Å²) in [7, 11) is 3.70. The van der Waals surface area contributed by atoms with Gasteiger partial charge in [0.2, 0.25) is 11.8 Å². The molecule has 27 heavy (non-hydrogen) atoms. The van der Waals surface area contributed by atoms with E-state index >= 15 is 0 Å². The second-order valence-electron chi connectivity index (χ2n) is 7.73. The largest absolute Gasteiger partial charge is 0.497 e. The van der Waals surface area contributed by atoms with E-state index < -0.39 is 6.04 Å². The second-order valence-corrected chi connectivity index (χ2v) is 7.73. The number of nitrogens with one attached hydrogen (secondary N) is 1. The molecule has 0 bridgehead atoms. The van der Waals surface area contributed by atoms with E-state index in [2.05, 4.69) is 31.1 Å². The molecule has 6 nitrogen and oxygen atoms in total. The summed E-state index contributed by atoms with van der Waals surface area (Å²) in [6, 6.07) is 7.29. The molecule has 1 atom stereocenters. The minimum absolute atomic E-state index is 0.0506. The molecule has 1 aliphatic heterocycles. The molecule has 1 aromatic rings. The van der Waals surface area contributed by atoms with Crippen LogP contribution in [0.4, 0.5) is 0 Å². The van der Waals surface area contributed by atoms with Gasteiger partial charge in [0.1, 0.15) is 11.8 Å². The Balaban J connectivity index is 1.89. The van der Waals surface area contributed by atoms with Crippen LogP contribution in [-0.2, 0) is 16.0 Å². The van der Waals surface area contributed by atoms with Gasteiger partial charge in [-0.2, -0.15) is 0 Å². The number of methoxy groups -OCH3 is 1. The number of hydrogen-bond acceptors (Lipinski definition) is 4. The number of aryl methyl sites for hydroxylation is 1. The molecule has 1 fully saturated rings. The zero-order chi connectivity index (χ0) is 19.8. The van der Waals surface area contributed by atoms with Crippen molar-refractivity contribution < 1.29 is 14.3 Å². The summed E-state index contributed by atoms with van der Waals surface area (Å²) in [4.78, 5) is 29.5. The Morgan fingerprint density at radius 3 is 2.30 bits per heavy atom. The normalized spacial score (nSPS) is 16.3. The maximum atomic E-state index is 12.9. The first-order valence-corrected chi connectivity index (χ1v) is 9.78. The Bertz CT molecular complexity index is 608. The highest BCUT2D eigenvalue weighted by molar-refractivity contribution is 5.87. The summed E-state index contributed by atoms with van der Waals surface area (Å²) >= 11 is 0. The van der Waals surface area contributed by atoms with Gasteiger partial charge in [-0.05, 0) is 43.5 Å². The third-order valence-corrected chi connectivity index (χ3v) is 4.96. The van der Waals surface area contributed by atoms with Gasteiger partial charge < -0.3 is 19.9 Å². The topological polar surface area (TPSA) is 61.9 Å². The van der Waals surface area contributed by atoms with Crippen LogP contribution in [0.1, 0.15) is 32.3 Å². The number of likely N-dealkylation sites (N-methyl/N-ethyl adjacent to an activating group) is 1. The second kappa shape index (κ2) is 10.3. The summed E-state index contributed by atoms with van der Waals surface area (Å²) in [5, 5.41) is 2.98. The lowest BCUT2D eigenvalue weighted by Gasteiger charge is -2.35.